The zero-order valence-corrected chi connectivity index (χ0v) is 22.6. The molecule has 1 aliphatic carbocycles. The molecule has 0 unspecified atom stereocenters. The van der Waals surface area contributed by atoms with Gasteiger partial charge >= 0.3 is 6.18 Å². The normalized spacial score (nSPS) is 13.5. The molecule has 0 bridgehead atoms. The number of pyridine rings is 1. The molecular formula is C28H23F4N7O3. The number of rotatable bonds is 7. The van der Waals surface area contributed by atoms with Gasteiger partial charge in [-0.2, -0.15) is 13.2 Å². The molecule has 0 radical (unpaired) electrons. The Bertz CT molecular complexity index is 1900. The van der Waals surface area contributed by atoms with Crippen LogP contribution in [0.5, 0.6) is 11.6 Å². The number of methoxy groups -OCH3 is 2. The van der Waals surface area contributed by atoms with Crippen molar-refractivity contribution < 1.29 is 27.0 Å². The predicted molar refractivity (Wildman–Crippen MR) is 143 cm³/mol. The standard InChI is InChI=1S/C28H23F4N7O3/c1-38-12-19(28(30,31)32)36-26(38)21-17(29)8-14(9-18(21)41-2)11-39-20(40)7-6-16-10-33-24(37-25(16)39)22-23(15-4-5-15)34-13-35-27(22)42-3/h6-10,12-13,15H,4-5,11H2,1-3H3. The monoisotopic (exact) mass is 581 g/mol. The highest BCUT2D eigenvalue weighted by Crippen LogP contribution is 2.45. The van der Waals surface area contributed by atoms with Crippen molar-refractivity contribution in [3.05, 3.63) is 76.1 Å². The van der Waals surface area contributed by atoms with Gasteiger partial charge in [-0.1, -0.05) is 0 Å². The van der Waals surface area contributed by atoms with Crippen LogP contribution in [0.15, 0.2) is 47.8 Å². The molecule has 5 aromatic rings. The minimum atomic E-state index is -4.70. The molecule has 1 saturated carbocycles. The smallest absolute Gasteiger partial charge is 0.434 e. The Morgan fingerprint density at radius 1 is 1.02 bits per heavy atom. The minimum absolute atomic E-state index is 0.0451. The van der Waals surface area contributed by atoms with Crippen LogP contribution in [0.1, 0.15) is 35.7 Å². The van der Waals surface area contributed by atoms with E-state index in [4.69, 9.17) is 14.5 Å². The van der Waals surface area contributed by atoms with Gasteiger partial charge in [-0.15, -0.1) is 0 Å². The van der Waals surface area contributed by atoms with E-state index in [-0.39, 0.29) is 41.1 Å². The highest BCUT2D eigenvalue weighted by atomic mass is 19.4. The molecular weight excluding hydrogens is 558 g/mol. The summed E-state index contributed by atoms with van der Waals surface area (Å²) < 4.78 is 68.5. The van der Waals surface area contributed by atoms with Crippen molar-refractivity contribution in [2.75, 3.05) is 14.2 Å². The maximum Gasteiger partial charge on any atom is 0.434 e. The molecule has 0 atom stereocenters. The summed E-state index contributed by atoms with van der Waals surface area (Å²) in [5.41, 5.74) is 0.0867. The number of nitrogens with zero attached hydrogens (tertiary/aromatic N) is 7. The third kappa shape index (κ3) is 4.82. The molecule has 0 aliphatic heterocycles. The second kappa shape index (κ2) is 10.2. The molecule has 0 saturated heterocycles. The van der Waals surface area contributed by atoms with Crippen LogP contribution in [0.25, 0.3) is 33.8 Å². The van der Waals surface area contributed by atoms with Crippen LogP contribution in [0, 0.1) is 5.82 Å². The van der Waals surface area contributed by atoms with Gasteiger partial charge < -0.3 is 14.0 Å². The average Bonchev–Trinajstić information content (AvgIpc) is 3.74. The summed E-state index contributed by atoms with van der Waals surface area (Å²) in [6, 6.07) is 5.52. The van der Waals surface area contributed by atoms with Gasteiger partial charge in [0.25, 0.3) is 5.56 Å². The molecule has 216 valence electrons. The number of aromatic nitrogens is 7. The number of halogens is 4. The highest BCUT2D eigenvalue weighted by Gasteiger charge is 2.35. The minimum Gasteiger partial charge on any atom is -0.496 e. The number of hydrogen-bond donors (Lipinski definition) is 0. The van der Waals surface area contributed by atoms with Crippen molar-refractivity contribution >= 4 is 11.0 Å². The van der Waals surface area contributed by atoms with Gasteiger partial charge in [-0.3, -0.25) is 9.36 Å². The van der Waals surface area contributed by atoms with Crippen LogP contribution in [-0.2, 0) is 19.8 Å². The second-order valence-electron chi connectivity index (χ2n) is 9.86. The Balaban J connectivity index is 1.45. The van der Waals surface area contributed by atoms with E-state index in [9.17, 15) is 18.0 Å². The Morgan fingerprint density at radius 3 is 2.48 bits per heavy atom. The van der Waals surface area contributed by atoms with E-state index < -0.39 is 23.2 Å². The van der Waals surface area contributed by atoms with Crippen molar-refractivity contribution in [1.29, 1.82) is 0 Å². The van der Waals surface area contributed by atoms with Crippen LogP contribution < -0.4 is 15.0 Å². The predicted octanol–water partition coefficient (Wildman–Crippen LogP) is 4.75. The lowest BCUT2D eigenvalue weighted by Gasteiger charge is -2.15. The molecule has 1 aliphatic rings. The van der Waals surface area contributed by atoms with Gasteiger partial charge in [-0.05, 0) is 36.6 Å². The summed E-state index contributed by atoms with van der Waals surface area (Å²) in [6.07, 6.45) is 0.991. The largest absolute Gasteiger partial charge is 0.496 e. The summed E-state index contributed by atoms with van der Waals surface area (Å²) in [7, 11) is 4.09. The highest BCUT2D eigenvalue weighted by molar-refractivity contribution is 5.78. The van der Waals surface area contributed by atoms with Crippen LogP contribution in [-0.4, -0.2) is 48.3 Å². The molecule has 6 rings (SSSR count). The molecule has 4 aromatic heterocycles. The zero-order valence-electron chi connectivity index (χ0n) is 22.6. The molecule has 0 amide bonds. The fourth-order valence-corrected chi connectivity index (χ4v) is 4.88. The number of benzene rings is 1. The first-order valence-electron chi connectivity index (χ1n) is 12.8. The number of aryl methyl sites for hydroxylation is 1. The molecule has 0 spiro atoms. The number of fused-ring (bicyclic) bond motifs is 1. The van der Waals surface area contributed by atoms with E-state index in [1.807, 2.05) is 0 Å². The van der Waals surface area contributed by atoms with E-state index in [0.717, 1.165) is 35.4 Å². The summed E-state index contributed by atoms with van der Waals surface area (Å²) >= 11 is 0. The number of alkyl halides is 3. The van der Waals surface area contributed by atoms with E-state index in [2.05, 4.69) is 19.9 Å². The third-order valence-electron chi connectivity index (χ3n) is 7.01. The third-order valence-corrected chi connectivity index (χ3v) is 7.01. The number of imidazole rings is 1. The van der Waals surface area contributed by atoms with Crippen LogP contribution in [0.2, 0.25) is 0 Å². The Kier molecular flexibility index (Phi) is 6.62. The van der Waals surface area contributed by atoms with Crippen molar-refractivity contribution in [2.45, 2.75) is 31.5 Å². The number of hydrogen-bond acceptors (Lipinski definition) is 8. The van der Waals surface area contributed by atoms with Crippen LogP contribution >= 0.6 is 0 Å². The molecule has 4 heterocycles. The molecule has 42 heavy (non-hydrogen) atoms. The van der Waals surface area contributed by atoms with Crippen LogP contribution in [0.3, 0.4) is 0 Å². The fourth-order valence-electron chi connectivity index (χ4n) is 4.88. The van der Waals surface area contributed by atoms with E-state index in [0.29, 0.717) is 22.4 Å². The topological polar surface area (TPSA) is 110 Å². The Labute approximate surface area is 235 Å². The van der Waals surface area contributed by atoms with Crippen molar-refractivity contribution in [3.8, 4) is 34.4 Å². The molecule has 0 N–H and O–H groups in total. The summed E-state index contributed by atoms with van der Waals surface area (Å²) in [4.78, 5) is 34.5. The van der Waals surface area contributed by atoms with E-state index >= 15 is 4.39 Å². The first-order valence-corrected chi connectivity index (χ1v) is 12.8. The van der Waals surface area contributed by atoms with Gasteiger partial charge in [0.15, 0.2) is 11.5 Å². The Morgan fingerprint density at radius 2 is 1.81 bits per heavy atom. The maximum atomic E-state index is 15.5. The maximum absolute atomic E-state index is 15.5. The lowest BCUT2D eigenvalue weighted by Crippen LogP contribution is -2.21. The second-order valence-corrected chi connectivity index (χ2v) is 9.86. The van der Waals surface area contributed by atoms with Crippen molar-refractivity contribution in [2.24, 2.45) is 7.05 Å². The molecule has 14 heteroatoms. The van der Waals surface area contributed by atoms with Crippen molar-refractivity contribution in [1.82, 2.24) is 34.1 Å². The van der Waals surface area contributed by atoms with Gasteiger partial charge in [0.1, 0.15) is 34.9 Å². The number of ether oxygens (including phenoxy) is 2. The van der Waals surface area contributed by atoms with Gasteiger partial charge in [0.2, 0.25) is 5.88 Å². The van der Waals surface area contributed by atoms with Gasteiger partial charge in [0.05, 0.1) is 32.0 Å². The van der Waals surface area contributed by atoms with Gasteiger partial charge in [-0.25, -0.2) is 29.3 Å². The van der Waals surface area contributed by atoms with Gasteiger partial charge in [0, 0.05) is 36.8 Å². The van der Waals surface area contributed by atoms with E-state index in [1.54, 1.807) is 12.3 Å². The molecule has 1 fully saturated rings. The molecule has 10 nitrogen and oxygen atoms in total. The van der Waals surface area contributed by atoms with Crippen molar-refractivity contribution in [3.63, 3.8) is 0 Å². The fraction of sp³-hybridized carbons (Fsp3) is 0.286. The lowest BCUT2D eigenvalue weighted by molar-refractivity contribution is -0.140. The Hall–Kier alpha value is -4.88. The first kappa shape index (κ1) is 27.3. The summed E-state index contributed by atoms with van der Waals surface area (Å²) in [5.74, 6) is -0.355. The first-order chi connectivity index (χ1) is 20.1. The quantitative estimate of drug-likeness (QED) is 0.254. The lowest BCUT2D eigenvalue weighted by atomic mass is 10.1. The average molecular weight is 582 g/mol. The summed E-state index contributed by atoms with van der Waals surface area (Å²) in [5, 5.41) is 0.555. The SMILES string of the molecule is COc1cc(Cn2c(=O)ccc3cnc(-c4c(OC)ncnc4C4CC4)nc32)cc(F)c1-c1nc(C(F)(F)F)cn1C. The zero-order chi connectivity index (χ0) is 29.8. The summed E-state index contributed by atoms with van der Waals surface area (Å²) in [6.45, 7) is -0.119. The van der Waals surface area contributed by atoms with Crippen LogP contribution in [0.4, 0.5) is 17.6 Å². The van der Waals surface area contributed by atoms with E-state index in [1.165, 1.54) is 44.3 Å². The molecule has 1 aromatic carbocycles.